The van der Waals surface area contributed by atoms with Crippen molar-refractivity contribution < 1.29 is 41.4 Å². The molecule has 0 N–H and O–H groups in total. The highest BCUT2D eigenvalue weighted by Gasteiger charge is 2.81. The van der Waals surface area contributed by atoms with E-state index in [1.54, 1.807) is 63.6 Å². The number of carbonyl (C=O) groups is 2. The largest absolute Gasteiger partial charge is 0.515 e. The smallest absolute Gasteiger partial charge is 0.490 e. The van der Waals surface area contributed by atoms with Gasteiger partial charge in [-0.1, -0.05) is 41.9 Å². The second-order valence-corrected chi connectivity index (χ2v) is 14.4. The quantitative estimate of drug-likeness (QED) is 0.186. The molecule has 1 saturated carbocycles. The van der Waals surface area contributed by atoms with Gasteiger partial charge in [0, 0.05) is 5.56 Å². The molecule has 2 aliphatic heterocycles. The third-order valence-corrected chi connectivity index (χ3v) is 10.2. The summed E-state index contributed by atoms with van der Waals surface area (Å²) in [4.78, 5) is 27.6. The molecule has 2 aliphatic carbocycles. The Morgan fingerprint density at radius 2 is 1.76 bits per heavy atom. The number of allylic oxidation sites excluding steroid dienone is 2. The van der Waals surface area contributed by atoms with E-state index in [0.29, 0.717) is 17.9 Å². The molecular weight excluding hydrogens is 596 g/mol. The number of carbonyl (C=O) groups excluding carboxylic acids is 2. The van der Waals surface area contributed by atoms with Gasteiger partial charge in [-0.25, -0.2) is 17.7 Å². The predicted octanol–water partition coefficient (Wildman–Crippen LogP) is 4.05. The molecule has 4 aliphatic rings. The van der Waals surface area contributed by atoms with Crippen LogP contribution >= 0.6 is 0 Å². The molecule has 2 aromatic carbocycles. The Kier molecular flexibility index (Phi) is 7.90. The highest BCUT2D eigenvalue weighted by Crippen LogP contribution is 2.72. The summed E-state index contributed by atoms with van der Waals surface area (Å²) in [5, 5.41) is 0. The molecule has 45 heavy (non-hydrogen) atoms. The van der Waals surface area contributed by atoms with Crippen molar-refractivity contribution >= 4 is 27.7 Å². The number of anilines is 1. The predicted molar refractivity (Wildman–Crippen MR) is 165 cm³/mol. The minimum atomic E-state index is -3.65. The van der Waals surface area contributed by atoms with Crippen LogP contribution in [0.3, 0.4) is 0 Å². The first kappa shape index (κ1) is 30.7. The molecule has 2 aromatic rings. The molecule has 234 valence electrons. The van der Waals surface area contributed by atoms with E-state index in [1.807, 2.05) is 6.07 Å². The average molecular weight is 632 g/mol. The first-order chi connectivity index (χ1) is 21.5. The first-order valence-corrected chi connectivity index (χ1v) is 16.5. The topological polar surface area (TPSA) is 112 Å². The number of ether oxygens (including phenoxy) is 4. The lowest BCUT2D eigenvalue weighted by Gasteiger charge is -2.43. The molecule has 4 bridgehead atoms. The lowest BCUT2D eigenvalue weighted by Crippen LogP contribution is -2.57. The van der Waals surface area contributed by atoms with Gasteiger partial charge in [-0.3, -0.25) is 4.90 Å². The highest BCUT2D eigenvalue weighted by atomic mass is 32.2. The zero-order chi connectivity index (χ0) is 31.9. The van der Waals surface area contributed by atoms with E-state index in [1.165, 1.54) is 17.0 Å². The fraction of sp³-hybridized carbons (Fsp3) is 0.412. The number of hydrogen-bond donors (Lipinski definition) is 0. The van der Waals surface area contributed by atoms with Crippen molar-refractivity contribution in [3.05, 3.63) is 66.2 Å². The number of fused-ring (bicyclic) bond motifs is 1. The maximum atomic E-state index is 13.9. The lowest BCUT2D eigenvalue weighted by atomic mass is 9.64. The van der Waals surface area contributed by atoms with Crippen LogP contribution in [-0.4, -0.2) is 83.4 Å². The number of amides is 2. The van der Waals surface area contributed by atoms with Gasteiger partial charge in [0.1, 0.15) is 42.8 Å². The summed E-state index contributed by atoms with van der Waals surface area (Å²) >= 11 is 0. The third kappa shape index (κ3) is 5.46. The van der Waals surface area contributed by atoms with Crippen LogP contribution in [0.5, 0.6) is 5.75 Å². The van der Waals surface area contributed by atoms with E-state index in [9.17, 15) is 18.0 Å². The standard InChI is InChI=1S/C34H35N2O8S/c1-36(2,3)32(38)43-21-20-41-26-17-18-29-28(24-26)34-25-12-7-4-5-10-16-30(33(34,44-34)19-11-13-25)35(29)31(37)42-22-23-45(39,40)27-14-8-6-9-15-27/h4-6,8-9,14-15,17-18,24-25,30H,11,13,19-23H2,1-3H3/q+1/b5-4-/t25-,30-,33-,34+/m0/s1. The number of rotatable bonds is 8. The average Bonchev–Trinajstić information content (AvgIpc) is 3.73. The van der Waals surface area contributed by atoms with Gasteiger partial charge in [0.15, 0.2) is 9.84 Å². The SMILES string of the molecule is C[N+](C)(C)C(=O)OCCOc1ccc2c(c1)[C@@]13O[C@]14CCC[C@@H]3C#C/C=C\C#C[C@@H]4N2C(=O)OCCS(=O)(=O)c1ccccc1. The van der Waals surface area contributed by atoms with Crippen molar-refractivity contribution in [2.45, 2.75) is 41.4 Å². The number of benzene rings is 2. The maximum Gasteiger partial charge on any atom is 0.515 e. The molecule has 10 nitrogen and oxygen atoms in total. The Morgan fingerprint density at radius 3 is 2.51 bits per heavy atom. The number of hydrogen-bond acceptors (Lipinski definition) is 8. The fourth-order valence-electron chi connectivity index (χ4n) is 6.42. The van der Waals surface area contributed by atoms with Crippen molar-refractivity contribution in [3.63, 3.8) is 0 Å². The van der Waals surface area contributed by atoms with E-state index < -0.39 is 33.2 Å². The van der Waals surface area contributed by atoms with Gasteiger partial charge in [0.25, 0.3) is 0 Å². The molecule has 0 radical (unpaired) electrons. The van der Waals surface area contributed by atoms with Gasteiger partial charge in [-0.05, 0) is 61.7 Å². The van der Waals surface area contributed by atoms with E-state index >= 15 is 0 Å². The van der Waals surface area contributed by atoms with Crippen molar-refractivity contribution in [2.75, 3.05) is 51.6 Å². The number of sulfone groups is 1. The molecule has 0 aromatic heterocycles. The van der Waals surface area contributed by atoms with Crippen molar-refractivity contribution in [2.24, 2.45) is 5.92 Å². The molecule has 0 spiro atoms. The van der Waals surface area contributed by atoms with Crippen LogP contribution in [0, 0.1) is 29.6 Å². The van der Waals surface area contributed by atoms with Crippen LogP contribution in [0.15, 0.2) is 65.6 Å². The fourth-order valence-corrected chi connectivity index (χ4v) is 7.53. The highest BCUT2D eigenvalue weighted by molar-refractivity contribution is 7.91. The third-order valence-electron chi connectivity index (χ3n) is 8.52. The van der Waals surface area contributed by atoms with Gasteiger partial charge in [0.05, 0.1) is 43.4 Å². The van der Waals surface area contributed by atoms with Crippen LogP contribution < -0.4 is 9.64 Å². The number of epoxide rings is 1. The molecule has 0 unspecified atom stereocenters. The summed E-state index contributed by atoms with van der Waals surface area (Å²) in [6, 6.07) is 12.7. The van der Waals surface area contributed by atoms with Gasteiger partial charge < -0.3 is 18.9 Å². The summed E-state index contributed by atoms with van der Waals surface area (Å²) in [5.74, 6) is 12.7. The summed E-state index contributed by atoms with van der Waals surface area (Å²) < 4.78 is 49.4. The Bertz CT molecular complexity index is 1780. The summed E-state index contributed by atoms with van der Waals surface area (Å²) in [5.41, 5.74) is -0.343. The van der Waals surface area contributed by atoms with Crippen LogP contribution in [0.2, 0.25) is 0 Å². The minimum absolute atomic E-state index is 0.0343. The summed E-state index contributed by atoms with van der Waals surface area (Å²) in [7, 11) is 1.52. The lowest BCUT2D eigenvalue weighted by molar-refractivity contribution is -0.795. The van der Waals surface area contributed by atoms with Crippen molar-refractivity contribution in [1.82, 2.24) is 0 Å². The minimum Gasteiger partial charge on any atom is -0.490 e. The van der Waals surface area contributed by atoms with Gasteiger partial charge in [-0.2, -0.15) is 4.79 Å². The normalized spacial score (nSPS) is 26.3. The zero-order valence-electron chi connectivity index (χ0n) is 25.4. The second kappa shape index (κ2) is 11.6. The van der Waals surface area contributed by atoms with Gasteiger partial charge >= 0.3 is 12.2 Å². The van der Waals surface area contributed by atoms with Crippen LogP contribution in [-0.2, 0) is 29.6 Å². The van der Waals surface area contributed by atoms with Crippen LogP contribution in [0.25, 0.3) is 0 Å². The Labute approximate surface area is 263 Å². The van der Waals surface area contributed by atoms with E-state index in [0.717, 1.165) is 18.4 Å². The summed E-state index contributed by atoms with van der Waals surface area (Å²) in [6.07, 6.45) is 4.57. The van der Waals surface area contributed by atoms with Gasteiger partial charge in [0.2, 0.25) is 0 Å². The maximum absolute atomic E-state index is 13.9. The first-order valence-electron chi connectivity index (χ1n) is 14.9. The second-order valence-electron chi connectivity index (χ2n) is 12.3. The Balaban J connectivity index is 1.30. The molecule has 4 atom stereocenters. The van der Waals surface area contributed by atoms with Crippen molar-refractivity contribution in [3.8, 4) is 29.4 Å². The van der Waals surface area contributed by atoms with Crippen LogP contribution in [0.1, 0.15) is 24.8 Å². The number of quaternary nitrogens is 1. The summed E-state index contributed by atoms with van der Waals surface area (Å²) in [6.45, 7) is -0.130. The van der Waals surface area contributed by atoms with E-state index in [4.69, 9.17) is 18.9 Å². The molecule has 11 heteroatoms. The monoisotopic (exact) mass is 631 g/mol. The number of nitrogens with zero attached hydrogens (tertiary/aromatic N) is 2. The Hall–Kier alpha value is -4.29. The molecule has 2 fully saturated rings. The zero-order valence-corrected chi connectivity index (χ0v) is 26.3. The van der Waals surface area contributed by atoms with E-state index in [2.05, 4.69) is 23.7 Å². The molecule has 2 amide bonds. The molecular formula is C34H35N2O8S+. The molecule has 6 rings (SSSR count). The molecule has 2 heterocycles. The van der Waals surface area contributed by atoms with Crippen molar-refractivity contribution in [1.29, 1.82) is 0 Å². The van der Waals surface area contributed by atoms with E-state index in [-0.39, 0.29) is 47.0 Å². The Morgan fingerprint density at radius 1 is 1.00 bits per heavy atom. The van der Waals surface area contributed by atoms with Crippen LogP contribution in [0.4, 0.5) is 15.3 Å². The van der Waals surface area contributed by atoms with Gasteiger partial charge in [-0.15, -0.1) is 0 Å². The molecule has 1 saturated heterocycles.